The van der Waals surface area contributed by atoms with Gasteiger partial charge >= 0.3 is 0 Å². The van der Waals surface area contributed by atoms with E-state index in [4.69, 9.17) is 32.4 Å². The Balaban J connectivity index is 1.64. The van der Waals surface area contributed by atoms with Gasteiger partial charge in [-0.25, -0.2) is 0 Å². The Morgan fingerprint density at radius 3 is 2.73 bits per heavy atom. The molecule has 0 atom stereocenters. The van der Waals surface area contributed by atoms with Gasteiger partial charge in [0.2, 0.25) is 5.78 Å². The number of halogens is 2. The van der Waals surface area contributed by atoms with Crippen LogP contribution in [0.3, 0.4) is 0 Å². The molecule has 2 heterocycles. The van der Waals surface area contributed by atoms with Crippen LogP contribution in [0.5, 0.6) is 5.75 Å². The molecule has 5 nitrogen and oxygen atoms in total. The third-order valence-electron chi connectivity index (χ3n) is 3.63. The van der Waals surface area contributed by atoms with Crippen molar-refractivity contribution in [2.24, 2.45) is 0 Å². The highest BCUT2D eigenvalue weighted by Gasteiger charge is 2.10. The van der Waals surface area contributed by atoms with Crippen LogP contribution in [-0.2, 0) is 13.2 Å². The molecular weight excluding hydrogens is 375 g/mol. The molecule has 0 radical (unpaired) electrons. The van der Waals surface area contributed by atoms with E-state index >= 15 is 0 Å². The monoisotopic (exact) mass is 390 g/mol. The van der Waals surface area contributed by atoms with Crippen molar-refractivity contribution in [3.05, 3.63) is 75.9 Å². The lowest BCUT2D eigenvalue weighted by atomic mass is 10.2. The summed E-state index contributed by atoms with van der Waals surface area (Å²) in [4.78, 5) is 12.2. The van der Waals surface area contributed by atoms with E-state index in [-0.39, 0.29) is 12.4 Å². The molecule has 0 aliphatic heterocycles. The van der Waals surface area contributed by atoms with Gasteiger partial charge in [-0.1, -0.05) is 29.3 Å². The van der Waals surface area contributed by atoms with Gasteiger partial charge in [-0.05, 0) is 49.4 Å². The summed E-state index contributed by atoms with van der Waals surface area (Å²) in [6.45, 7) is 2.74. The molecule has 1 aromatic carbocycles. The zero-order valence-corrected chi connectivity index (χ0v) is 15.5. The molecule has 0 saturated heterocycles. The summed E-state index contributed by atoms with van der Waals surface area (Å²) in [5.41, 5.74) is 0.534. The lowest BCUT2D eigenvalue weighted by molar-refractivity contribution is 0.103. The number of ketones is 1. The smallest absolute Gasteiger partial charge is 0.203 e. The molecule has 0 fully saturated rings. The quantitative estimate of drug-likeness (QED) is 0.406. The summed E-state index contributed by atoms with van der Waals surface area (Å²) in [5.74, 6) is 1.41. The Kier molecular flexibility index (Phi) is 5.81. The Hall–Kier alpha value is -2.50. The maximum absolute atomic E-state index is 12.2. The summed E-state index contributed by atoms with van der Waals surface area (Å²) >= 11 is 12.1. The van der Waals surface area contributed by atoms with Gasteiger partial charge < -0.3 is 9.15 Å². The standard InChI is InChI=1S/C19H16Cl2N2O3/c1-2-23-17(10-11-22-23)18(24)9-8-13-6-7-14(26-13)12-25-19-15(20)4-3-5-16(19)21/h3-11H,2,12H2,1H3/b9-8+. The summed E-state index contributed by atoms with van der Waals surface area (Å²) in [6.07, 6.45) is 4.67. The van der Waals surface area contributed by atoms with Crippen molar-refractivity contribution in [3.8, 4) is 5.75 Å². The summed E-state index contributed by atoms with van der Waals surface area (Å²) in [6, 6.07) is 10.4. The van der Waals surface area contributed by atoms with E-state index in [1.807, 2.05) is 6.92 Å². The maximum Gasteiger partial charge on any atom is 0.203 e. The molecule has 0 saturated carbocycles. The van der Waals surface area contributed by atoms with Gasteiger partial charge in [0.25, 0.3) is 0 Å². The second kappa shape index (κ2) is 8.25. The van der Waals surface area contributed by atoms with E-state index in [0.29, 0.717) is 39.6 Å². The number of para-hydroxylation sites is 1. The van der Waals surface area contributed by atoms with Crippen LogP contribution < -0.4 is 4.74 Å². The SMILES string of the molecule is CCn1nccc1C(=O)/C=C/c1ccc(COc2c(Cl)cccc2Cl)o1. The van der Waals surface area contributed by atoms with Gasteiger partial charge in [0, 0.05) is 12.7 Å². The van der Waals surface area contributed by atoms with Crippen molar-refractivity contribution >= 4 is 35.1 Å². The average Bonchev–Trinajstić information content (AvgIpc) is 3.28. The number of nitrogens with zero attached hydrogens (tertiary/aromatic N) is 2. The number of rotatable bonds is 7. The van der Waals surface area contributed by atoms with Gasteiger partial charge in [0.1, 0.15) is 23.8 Å². The Bertz CT molecular complexity index is 924. The van der Waals surface area contributed by atoms with E-state index < -0.39 is 0 Å². The molecule has 0 aliphatic carbocycles. The molecule has 2 aromatic heterocycles. The van der Waals surface area contributed by atoms with Gasteiger partial charge in [-0.2, -0.15) is 5.10 Å². The van der Waals surface area contributed by atoms with E-state index in [9.17, 15) is 4.79 Å². The highest BCUT2D eigenvalue weighted by atomic mass is 35.5. The van der Waals surface area contributed by atoms with Gasteiger partial charge in [-0.3, -0.25) is 9.48 Å². The summed E-state index contributed by atoms with van der Waals surface area (Å²) in [7, 11) is 0. The van der Waals surface area contributed by atoms with Crippen LogP contribution in [0, 0.1) is 0 Å². The number of aryl methyl sites for hydroxylation is 1. The highest BCUT2D eigenvalue weighted by molar-refractivity contribution is 6.37. The molecule has 0 bridgehead atoms. The second-order valence-corrected chi connectivity index (χ2v) is 6.19. The first kappa shape index (κ1) is 18.3. The van der Waals surface area contributed by atoms with Crippen molar-refractivity contribution in [2.75, 3.05) is 0 Å². The van der Waals surface area contributed by atoms with Gasteiger partial charge in [0.15, 0.2) is 5.75 Å². The zero-order valence-electron chi connectivity index (χ0n) is 14.0. The molecule has 7 heteroatoms. The number of aromatic nitrogens is 2. The van der Waals surface area contributed by atoms with Crippen LogP contribution >= 0.6 is 23.2 Å². The first-order chi connectivity index (χ1) is 12.6. The van der Waals surface area contributed by atoms with Crippen molar-refractivity contribution in [1.29, 1.82) is 0 Å². The van der Waals surface area contributed by atoms with Crippen molar-refractivity contribution in [2.45, 2.75) is 20.1 Å². The first-order valence-corrected chi connectivity index (χ1v) is 8.74. The predicted molar refractivity (Wildman–Crippen MR) is 101 cm³/mol. The molecule has 0 aliphatic rings. The molecule has 0 amide bonds. The molecule has 134 valence electrons. The fourth-order valence-corrected chi connectivity index (χ4v) is 2.87. The first-order valence-electron chi connectivity index (χ1n) is 7.98. The molecule has 3 aromatic rings. The minimum absolute atomic E-state index is 0.138. The second-order valence-electron chi connectivity index (χ2n) is 5.37. The molecular formula is C19H16Cl2N2O3. The topological polar surface area (TPSA) is 57.3 Å². The summed E-state index contributed by atoms with van der Waals surface area (Å²) < 4.78 is 12.9. The van der Waals surface area contributed by atoms with Crippen LogP contribution in [0.2, 0.25) is 10.0 Å². The van der Waals surface area contributed by atoms with Gasteiger partial charge in [0.05, 0.1) is 10.0 Å². The van der Waals surface area contributed by atoms with Crippen molar-refractivity contribution in [1.82, 2.24) is 9.78 Å². The number of ether oxygens (including phenoxy) is 1. The lowest BCUT2D eigenvalue weighted by Gasteiger charge is -2.07. The third kappa shape index (κ3) is 4.18. The molecule has 0 N–H and O–H groups in total. The predicted octanol–water partition coefficient (Wildman–Crippen LogP) is 5.28. The Morgan fingerprint density at radius 2 is 2.00 bits per heavy atom. The lowest BCUT2D eigenvalue weighted by Crippen LogP contribution is -2.07. The van der Waals surface area contributed by atoms with Crippen LogP contribution in [-0.4, -0.2) is 15.6 Å². The number of allylic oxidation sites excluding steroid dienone is 1. The minimum Gasteiger partial charge on any atom is -0.483 e. The maximum atomic E-state index is 12.2. The van der Waals surface area contributed by atoms with Crippen LogP contribution in [0.15, 0.2) is 53.1 Å². The fourth-order valence-electron chi connectivity index (χ4n) is 2.36. The number of furan rings is 1. The largest absolute Gasteiger partial charge is 0.483 e. The van der Waals surface area contributed by atoms with E-state index in [1.165, 1.54) is 6.08 Å². The van der Waals surface area contributed by atoms with E-state index in [2.05, 4.69) is 5.10 Å². The minimum atomic E-state index is -0.138. The summed E-state index contributed by atoms with van der Waals surface area (Å²) in [5, 5.41) is 4.95. The van der Waals surface area contributed by atoms with Crippen molar-refractivity contribution in [3.63, 3.8) is 0 Å². The van der Waals surface area contributed by atoms with Gasteiger partial charge in [-0.15, -0.1) is 0 Å². The zero-order chi connectivity index (χ0) is 18.5. The molecule has 0 unspecified atom stereocenters. The third-order valence-corrected chi connectivity index (χ3v) is 4.22. The fraction of sp³-hybridized carbons (Fsp3) is 0.158. The van der Waals surface area contributed by atoms with Crippen LogP contribution in [0.4, 0.5) is 0 Å². The number of benzene rings is 1. The number of carbonyl (C=O) groups is 1. The molecule has 3 rings (SSSR count). The van der Waals surface area contributed by atoms with Crippen LogP contribution in [0.1, 0.15) is 28.9 Å². The number of carbonyl (C=O) groups excluding carboxylic acids is 1. The average molecular weight is 391 g/mol. The molecule has 26 heavy (non-hydrogen) atoms. The number of hydrogen-bond acceptors (Lipinski definition) is 4. The Labute approximate surface area is 160 Å². The Morgan fingerprint density at radius 1 is 1.23 bits per heavy atom. The number of hydrogen-bond donors (Lipinski definition) is 0. The molecule has 0 spiro atoms. The van der Waals surface area contributed by atoms with Crippen LogP contribution in [0.25, 0.3) is 6.08 Å². The van der Waals surface area contributed by atoms with E-state index in [0.717, 1.165) is 0 Å². The highest BCUT2D eigenvalue weighted by Crippen LogP contribution is 2.33. The normalized spacial score (nSPS) is 11.2. The van der Waals surface area contributed by atoms with E-state index in [1.54, 1.807) is 53.4 Å². The van der Waals surface area contributed by atoms with Crippen molar-refractivity contribution < 1.29 is 13.9 Å².